The number of ether oxygens (including phenoxy) is 12. The first-order valence-corrected chi connectivity index (χ1v) is 29.4. The standard InChI is InChI=1S/C38H63N3O39S4/c1-8(39)33(73-24-18(45)27(80-84(62,63)64)38(76-28(24)31(49)50)72-21-11(4)67-34(65-5)16(41)23(21)78-82(56,57)58)66-9(2)14(7-42)70-37-26(79-83(59,60)61)19(46)25(29(75-37)32(51)52)74-35-15(40)17(44)20(10(3)68-35)71-36-22(77-81(53,54)55)12(43)6-13(69-36)30(47)48/h6,8-12,14-29,33-38,42-46H,7,39-41H2,1-5H3,(H,47,48)(H,49,50)(H,51,52)(H,53,54,55)(H,56,57,58)(H,59,60,61)(H,62,63,64)/t8-,9?,10?,11?,12?,14-,15?,16?,17+,18?,19?,20+,21+,22-,23+,24+,25+,26-,27-,28?,29?,33+,34-,35+,36-,37+,38+/m0/s1. The van der Waals surface area contributed by atoms with E-state index in [1.807, 2.05) is 0 Å². The Bertz CT molecular complexity index is 2760. The minimum absolute atomic E-state index is 0.475. The molecule has 5 heterocycles. The number of aliphatic hydroxyl groups excluding tert-OH is 5. The lowest BCUT2D eigenvalue weighted by Crippen LogP contribution is -2.68. The van der Waals surface area contributed by atoms with E-state index >= 15 is 0 Å². The Morgan fingerprint density at radius 2 is 1.02 bits per heavy atom. The van der Waals surface area contributed by atoms with E-state index in [0.29, 0.717) is 6.08 Å². The summed E-state index contributed by atoms with van der Waals surface area (Å²) in [5.74, 6) is -6.92. The lowest BCUT2D eigenvalue weighted by atomic mass is 9.96. The Morgan fingerprint density at radius 1 is 0.571 bits per heavy atom. The number of carbonyl (C=O) groups is 3. The van der Waals surface area contributed by atoms with Gasteiger partial charge in [-0.3, -0.25) is 18.2 Å². The van der Waals surface area contributed by atoms with Crippen molar-refractivity contribution in [2.24, 2.45) is 17.2 Å². The molecule has 0 bridgehead atoms. The van der Waals surface area contributed by atoms with Crippen molar-refractivity contribution in [2.45, 2.75) is 193 Å². The van der Waals surface area contributed by atoms with Crippen molar-refractivity contribution in [3.8, 4) is 0 Å². The molecule has 4 saturated heterocycles. The van der Waals surface area contributed by atoms with Crippen LogP contribution >= 0.6 is 0 Å². The number of aliphatic carboxylic acids is 3. The maximum atomic E-state index is 12.8. The van der Waals surface area contributed by atoms with Crippen molar-refractivity contribution < 1.29 is 181 Å². The molecular weight excluding hydrogens is 1250 g/mol. The Morgan fingerprint density at radius 3 is 1.52 bits per heavy atom. The van der Waals surface area contributed by atoms with Gasteiger partial charge >= 0.3 is 59.5 Å². The van der Waals surface area contributed by atoms with E-state index < -0.39 is 238 Å². The summed E-state index contributed by atoms with van der Waals surface area (Å²) in [6.45, 7) is 3.17. The molecule has 0 spiro atoms. The van der Waals surface area contributed by atoms with E-state index in [9.17, 15) is 107 Å². The first-order valence-electron chi connectivity index (χ1n) is 23.9. The molecule has 5 rings (SSSR count). The third kappa shape index (κ3) is 18.4. The van der Waals surface area contributed by atoms with E-state index in [2.05, 4.69) is 16.7 Å². The second-order valence-corrected chi connectivity index (χ2v) is 23.1. The van der Waals surface area contributed by atoms with Gasteiger partial charge in [0.2, 0.25) is 12.0 Å². The molecule has 0 saturated carbocycles. The first-order chi connectivity index (χ1) is 38.6. The summed E-state index contributed by atoms with van der Waals surface area (Å²) < 4.78 is 218. The zero-order chi connectivity index (χ0) is 63.6. The molecule has 488 valence electrons. The van der Waals surface area contributed by atoms with Gasteiger partial charge in [-0.1, -0.05) is 0 Å². The van der Waals surface area contributed by atoms with Crippen LogP contribution in [0.1, 0.15) is 27.7 Å². The van der Waals surface area contributed by atoms with Crippen LogP contribution in [0.3, 0.4) is 0 Å². The second kappa shape index (κ2) is 28.4. The molecule has 5 aliphatic rings. The van der Waals surface area contributed by atoms with Crippen LogP contribution in [0.5, 0.6) is 0 Å². The van der Waals surface area contributed by atoms with Crippen molar-refractivity contribution >= 4 is 59.5 Å². The molecular formula is C38H63N3O39S4. The predicted molar refractivity (Wildman–Crippen MR) is 254 cm³/mol. The Hall–Kier alpha value is -3.33. The van der Waals surface area contributed by atoms with Gasteiger partial charge in [-0.25, -0.2) is 31.1 Å². The van der Waals surface area contributed by atoms with Gasteiger partial charge in [0.25, 0.3) is 0 Å². The number of carboxylic acids is 3. The third-order valence-electron chi connectivity index (χ3n) is 12.7. The lowest BCUT2D eigenvalue weighted by Gasteiger charge is -2.48. The minimum atomic E-state index is -5.75. The minimum Gasteiger partial charge on any atom is -0.479 e. The smallest absolute Gasteiger partial charge is 0.397 e. The van der Waals surface area contributed by atoms with E-state index in [1.54, 1.807) is 0 Å². The second-order valence-electron chi connectivity index (χ2n) is 18.9. The molecule has 10 unspecified atom stereocenters. The summed E-state index contributed by atoms with van der Waals surface area (Å²) in [5.41, 5.74) is 18.2. The number of rotatable bonds is 27. The van der Waals surface area contributed by atoms with E-state index in [4.69, 9.17) is 74.0 Å². The van der Waals surface area contributed by atoms with Crippen LogP contribution in [-0.4, -0.2) is 290 Å². The molecule has 27 atom stereocenters. The van der Waals surface area contributed by atoms with Crippen LogP contribution in [0, 0.1) is 0 Å². The van der Waals surface area contributed by atoms with E-state index in [-0.39, 0.29) is 0 Å². The Balaban J connectivity index is 1.36. The zero-order valence-electron chi connectivity index (χ0n) is 43.6. The van der Waals surface area contributed by atoms with Gasteiger partial charge in [0.05, 0.1) is 43.0 Å². The van der Waals surface area contributed by atoms with Gasteiger partial charge in [-0.15, -0.1) is 0 Å². The van der Waals surface area contributed by atoms with Crippen molar-refractivity contribution in [1.82, 2.24) is 0 Å². The Kier molecular flexibility index (Phi) is 24.2. The molecule has 4 fully saturated rings. The summed E-state index contributed by atoms with van der Waals surface area (Å²) >= 11 is 0. The van der Waals surface area contributed by atoms with E-state index in [1.165, 1.54) is 6.92 Å². The van der Waals surface area contributed by atoms with Gasteiger partial charge < -0.3 is 115 Å². The van der Waals surface area contributed by atoms with Crippen LogP contribution in [0.4, 0.5) is 0 Å². The van der Waals surface area contributed by atoms with Crippen molar-refractivity contribution in [2.75, 3.05) is 13.7 Å². The third-order valence-corrected chi connectivity index (χ3v) is 14.6. The number of nitrogens with two attached hydrogens (primary N) is 3. The normalized spacial score (nSPS) is 39.7. The average Bonchev–Trinajstić information content (AvgIpc) is 1.20. The highest BCUT2D eigenvalue weighted by Crippen LogP contribution is 2.37. The number of aliphatic hydroxyl groups is 5. The summed E-state index contributed by atoms with van der Waals surface area (Å²) in [7, 11) is -21.2. The van der Waals surface area contributed by atoms with Gasteiger partial charge in [-0.2, -0.15) is 33.7 Å². The fourth-order valence-electron chi connectivity index (χ4n) is 8.88. The molecule has 46 heteroatoms. The van der Waals surface area contributed by atoms with Gasteiger partial charge in [-0.05, 0) is 33.8 Å². The number of hydrogen-bond acceptors (Lipinski definition) is 35. The fourth-order valence-corrected chi connectivity index (χ4v) is 10.9. The lowest BCUT2D eigenvalue weighted by molar-refractivity contribution is -0.356. The van der Waals surface area contributed by atoms with Crippen LogP contribution in [0.15, 0.2) is 11.8 Å². The zero-order valence-corrected chi connectivity index (χ0v) is 46.9. The molecule has 0 aromatic heterocycles. The average molecular weight is 1310 g/mol. The summed E-state index contributed by atoms with van der Waals surface area (Å²) in [6.07, 6.45) is -52.0. The van der Waals surface area contributed by atoms with Crippen LogP contribution in [-0.2, 0) is 130 Å². The van der Waals surface area contributed by atoms with Gasteiger partial charge in [0, 0.05) is 7.11 Å². The highest BCUT2D eigenvalue weighted by atomic mass is 32.3. The largest absolute Gasteiger partial charge is 0.479 e. The highest BCUT2D eigenvalue weighted by Gasteiger charge is 2.58. The molecule has 5 aliphatic heterocycles. The highest BCUT2D eigenvalue weighted by molar-refractivity contribution is 7.81. The molecule has 0 aliphatic carbocycles. The molecule has 84 heavy (non-hydrogen) atoms. The molecule has 42 nitrogen and oxygen atoms in total. The summed E-state index contributed by atoms with van der Waals surface area (Å²) in [5, 5.41) is 85.4. The molecule has 0 amide bonds. The monoisotopic (exact) mass is 1310 g/mol. The molecule has 0 radical (unpaired) electrons. The van der Waals surface area contributed by atoms with Crippen LogP contribution < -0.4 is 17.2 Å². The molecule has 0 aromatic rings. The van der Waals surface area contributed by atoms with Crippen LogP contribution in [0.25, 0.3) is 0 Å². The summed E-state index contributed by atoms with van der Waals surface area (Å²) in [6, 6.07) is -5.12. The molecule has 0 aromatic carbocycles. The van der Waals surface area contributed by atoms with Gasteiger partial charge in [0.15, 0.2) is 62.0 Å². The summed E-state index contributed by atoms with van der Waals surface area (Å²) in [4.78, 5) is 37.2. The number of carboxylic acid groups (broad SMARTS) is 3. The maximum absolute atomic E-state index is 12.8. The number of methoxy groups -OCH3 is 1. The molecule has 18 N–H and O–H groups in total. The maximum Gasteiger partial charge on any atom is 0.397 e. The quantitative estimate of drug-likeness (QED) is 0.0268. The topological polar surface area (TPSA) is 656 Å². The van der Waals surface area contributed by atoms with Crippen molar-refractivity contribution in [1.29, 1.82) is 0 Å². The van der Waals surface area contributed by atoms with E-state index in [0.717, 1.165) is 27.9 Å². The number of hydrogen-bond donors (Lipinski definition) is 15. The van der Waals surface area contributed by atoms with Crippen molar-refractivity contribution in [3.63, 3.8) is 0 Å². The Labute approximate surface area is 475 Å². The van der Waals surface area contributed by atoms with Gasteiger partial charge in [0.1, 0.15) is 61.0 Å². The van der Waals surface area contributed by atoms with Crippen molar-refractivity contribution in [3.05, 3.63) is 11.8 Å². The first kappa shape index (κ1) is 71.4. The van der Waals surface area contributed by atoms with Crippen LogP contribution in [0.2, 0.25) is 0 Å². The predicted octanol–water partition coefficient (Wildman–Crippen LogP) is -9.09. The SMILES string of the molecule is CO[C@H]1OC(C)[C@@H](O[C@@H]2OC(C(=O)O)[C@H](O[C@@H](OC(C)[C@H](CO)O[C@@H]3OC(C(=O)O)[C@H](O[C@H]4OC(C)[C@@H](O[C@@H]5OC(C(=O)O)=CC(O)[C@@H]5OS(=O)(=O)O)[C@H](O)C4N)C(O)[C@@H]3OS(=O)(=O)O)[C@H](C)N)C(O)[C@@H]2OS(=O)(=O)O)[C@H](OS(=O)(=O)O)C1N. The fraction of sp³-hybridized carbons (Fsp3) is 0.868.